The third kappa shape index (κ3) is 3.02. The maximum atomic E-state index is 13.7. The number of hydrogen-bond donors (Lipinski definition) is 3. The summed E-state index contributed by atoms with van der Waals surface area (Å²) in [5.74, 6) is -4.97. The highest BCUT2D eigenvalue weighted by molar-refractivity contribution is 6.09. The number of hydrogen-bond acceptors (Lipinski definition) is 6. The van der Waals surface area contributed by atoms with Gasteiger partial charge in [-0.15, -0.1) is 0 Å². The Kier molecular flexibility index (Phi) is 5.16. The number of aliphatic hydroxyl groups excluding tert-OH is 1. The molecule has 2 aliphatic heterocycles. The minimum Gasteiger partial charge on any atom is -0.480 e. The molecular formula is C26H21N3O5. The van der Waals surface area contributed by atoms with Crippen molar-refractivity contribution >= 4 is 28.6 Å². The second-order valence-electron chi connectivity index (χ2n) is 8.66. The van der Waals surface area contributed by atoms with E-state index in [9.17, 15) is 29.9 Å². The van der Waals surface area contributed by atoms with E-state index in [1.165, 1.54) is 0 Å². The fourth-order valence-corrected chi connectivity index (χ4v) is 5.37. The molecule has 2 amide bonds. The van der Waals surface area contributed by atoms with Crippen LogP contribution in [0.25, 0.3) is 10.8 Å². The number of benzene rings is 3. The predicted molar refractivity (Wildman–Crippen MR) is 121 cm³/mol. The Balaban J connectivity index is 1.61. The Morgan fingerprint density at radius 2 is 1.74 bits per heavy atom. The molecule has 2 fully saturated rings. The van der Waals surface area contributed by atoms with E-state index in [0.29, 0.717) is 5.56 Å². The molecule has 2 heterocycles. The summed E-state index contributed by atoms with van der Waals surface area (Å²) in [5.41, 5.74) is -0.597. The number of nitrogens with zero attached hydrogens (tertiary/aromatic N) is 2. The van der Waals surface area contributed by atoms with Gasteiger partial charge in [-0.25, -0.2) is 0 Å². The molecule has 0 radical (unpaired) electrons. The van der Waals surface area contributed by atoms with Crippen LogP contribution in [0.2, 0.25) is 0 Å². The van der Waals surface area contributed by atoms with Gasteiger partial charge in [0.2, 0.25) is 11.8 Å². The highest BCUT2D eigenvalue weighted by Crippen LogP contribution is 2.49. The van der Waals surface area contributed by atoms with Crippen LogP contribution in [-0.4, -0.2) is 45.0 Å². The van der Waals surface area contributed by atoms with E-state index in [4.69, 9.17) is 0 Å². The Bertz CT molecular complexity index is 1370. The number of rotatable bonds is 5. The quantitative estimate of drug-likeness (QED) is 0.502. The summed E-state index contributed by atoms with van der Waals surface area (Å²) in [6, 6.07) is 20.9. The summed E-state index contributed by atoms with van der Waals surface area (Å²) in [5, 5.41) is 34.5. The first kappa shape index (κ1) is 21.8. The van der Waals surface area contributed by atoms with Crippen molar-refractivity contribution in [2.24, 2.45) is 11.8 Å². The van der Waals surface area contributed by atoms with Crippen LogP contribution in [0.5, 0.6) is 0 Å². The molecule has 4 atom stereocenters. The molecule has 4 unspecified atom stereocenters. The van der Waals surface area contributed by atoms with E-state index in [1.807, 2.05) is 42.5 Å². The molecule has 170 valence electrons. The Hall–Kier alpha value is -4.06. The number of carboxylic acids is 1. The molecule has 0 saturated carbocycles. The number of aliphatic carboxylic acids is 1. The van der Waals surface area contributed by atoms with Crippen molar-refractivity contribution < 1.29 is 24.6 Å². The van der Waals surface area contributed by atoms with Gasteiger partial charge >= 0.3 is 5.97 Å². The number of nitrogens with one attached hydrogen (secondary N) is 1. The van der Waals surface area contributed by atoms with Crippen molar-refractivity contribution in [3.8, 4) is 6.07 Å². The molecule has 0 bridgehead atoms. The normalized spacial score (nSPS) is 26.0. The van der Waals surface area contributed by atoms with Crippen molar-refractivity contribution in [2.45, 2.75) is 18.1 Å². The first-order chi connectivity index (χ1) is 16.4. The number of aliphatic hydroxyl groups is 1. The number of nitriles is 1. The third-order valence-corrected chi connectivity index (χ3v) is 7.00. The zero-order valence-corrected chi connectivity index (χ0v) is 18.0. The monoisotopic (exact) mass is 455 g/mol. The van der Waals surface area contributed by atoms with E-state index >= 15 is 0 Å². The van der Waals surface area contributed by atoms with Crippen LogP contribution < -0.4 is 5.32 Å². The van der Waals surface area contributed by atoms with Crippen molar-refractivity contribution in [3.05, 3.63) is 83.4 Å². The summed E-state index contributed by atoms with van der Waals surface area (Å²) in [4.78, 5) is 40.7. The number of carbonyl (C=O) groups is 3. The average molecular weight is 455 g/mol. The van der Waals surface area contributed by atoms with Crippen LogP contribution in [0.4, 0.5) is 0 Å². The number of fused-ring (bicyclic) bond motifs is 2. The molecule has 34 heavy (non-hydrogen) atoms. The summed E-state index contributed by atoms with van der Waals surface area (Å²) in [7, 11) is 0. The molecule has 0 spiro atoms. The molecule has 8 heteroatoms. The lowest BCUT2D eigenvalue weighted by molar-refractivity contribution is -0.153. The Morgan fingerprint density at radius 3 is 2.47 bits per heavy atom. The van der Waals surface area contributed by atoms with Gasteiger partial charge in [0.05, 0.1) is 36.6 Å². The van der Waals surface area contributed by atoms with Crippen molar-refractivity contribution in [1.29, 1.82) is 5.26 Å². The summed E-state index contributed by atoms with van der Waals surface area (Å²) in [6.45, 7) is -0.893. The Labute approximate surface area is 195 Å². The average Bonchev–Trinajstić information content (AvgIpc) is 3.34. The largest absolute Gasteiger partial charge is 0.480 e. The lowest BCUT2D eigenvalue weighted by Gasteiger charge is -2.29. The molecule has 3 aromatic rings. The minimum absolute atomic E-state index is 0.0141. The highest BCUT2D eigenvalue weighted by atomic mass is 16.4. The predicted octanol–water partition coefficient (Wildman–Crippen LogP) is 1.97. The van der Waals surface area contributed by atoms with Crippen LogP contribution in [-0.2, 0) is 20.9 Å². The van der Waals surface area contributed by atoms with Crippen LogP contribution in [0.1, 0.15) is 22.7 Å². The van der Waals surface area contributed by atoms with Gasteiger partial charge in [-0.1, -0.05) is 60.7 Å². The van der Waals surface area contributed by atoms with Crippen molar-refractivity contribution in [2.75, 3.05) is 6.61 Å². The van der Waals surface area contributed by atoms with Crippen molar-refractivity contribution in [1.82, 2.24) is 10.2 Å². The summed E-state index contributed by atoms with van der Waals surface area (Å²) < 4.78 is 0. The lowest BCUT2D eigenvalue weighted by Crippen LogP contribution is -2.58. The molecule has 2 saturated heterocycles. The lowest BCUT2D eigenvalue weighted by atomic mass is 9.79. The van der Waals surface area contributed by atoms with Gasteiger partial charge in [0.15, 0.2) is 5.54 Å². The smallest absolute Gasteiger partial charge is 0.327 e. The first-order valence-corrected chi connectivity index (χ1v) is 10.9. The molecular weight excluding hydrogens is 434 g/mol. The fraction of sp³-hybridized carbons (Fsp3) is 0.231. The van der Waals surface area contributed by atoms with E-state index in [0.717, 1.165) is 21.2 Å². The van der Waals surface area contributed by atoms with Gasteiger partial charge in [0.1, 0.15) is 0 Å². The van der Waals surface area contributed by atoms with Crippen molar-refractivity contribution in [3.63, 3.8) is 0 Å². The van der Waals surface area contributed by atoms with Crippen LogP contribution in [0, 0.1) is 23.2 Å². The Morgan fingerprint density at radius 1 is 1.03 bits per heavy atom. The van der Waals surface area contributed by atoms with Gasteiger partial charge in [-0.2, -0.15) is 5.26 Å². The zero-order chi connectivity index (χ0) is 24.0. The summed E-state index contributed by atoms with van der Waals surface area (Å²) >= 11 is 0. The molecule has 5 rings (SSSR count). The minimum atomic E-state index is -2.04. The van der Waals surface area contributed by atoms with E-state index < -0.39 is 47.8 Å². The second kappa shape index (κ2) is 8.06. The maximum Gasteiger partial charge on any atom is 0.327 e. The summed E-state index contributed by atoms with van der Waals surface area (Å²) in [6.07, 6.45) is 0. The van der Waals surface area contributed by atoms with Gasteiger partial charge < -0.3 is 10.2 Å². The van der Waals surface area contributed by atoms with Crippen LogP contribution >= 0.6 is 0 Å². The fourth-order valence-electron chi connectivity index (χ4n) is 5.37. The molecule has 0 aromatic heterocycles. The van der Waals surface area contributed by atoms with Crippen LogP contribution in [0.3, 0.4) is 0 Å². The molecule has 3 aromatic carbocycles. The molecule has 0 aliphatic carbocycles. The van der Waals surface area contributed by atoms with E-state index in [-0.39, 0.29) is 12.1 Å². The third-order valence-electron chi connectivity index (χ3n) is 7.00. The zero-order valence-electron chi connectivity index (χ0n) is 18.0. The number of carboxylic acid groups (broad SMARTS) is 1. The molecule has 3 N–H and O–H groups in total. The number of amides is 2. The second-order valence-corrected chi connectivity index (χ2v) is 8.66. The first-order valence-electron chi connectivity index (χ1n) is 10.9. The van der Waals surface area contributed by atoms with E-state index in [2.05, 4.69) is 11.4 Å². The maximum absolute atomic E-state index is 13.7. The van der Waals surface area contributed by atoms with Gasteiger partial charge in [0.25, 0.3) is 0 Å². The molecule has 8 nitrogen and oxygen atoms in total. The number of imide groups is 1. The van der Waals surface area contributed by atoms with Gasteiger partial charge in [-0.05, 0) is 28.0 Å². The molecule has 2 aliphatic rings. The topological polar surface area (TPSA) is 131 Å². The van der Waals surface area contributed by atoms with E-state index in [1.54, 1.807) is 24.3 Å². The highest BCUT2D eigenvalue weighted by Gasteiger charge is 2.68. The standard InChI is InChI=1S/C26H21N3O5/c27-12-16-7-2-4-11-19(16)22-20-21(26(14-30,28-22)25(33)34)24(32)29(23(20)31)13-17-9-5-8-15-6-1-3-10-18(15)17/h1-11,20-22,28,30H,13-14H2,(H,33,34). The SMILES string of the molecule is N#Cc1ccccc1C1NC(CO)(C(=O)O)C2C(=O)N(Cc3cccc4ccccc34)C(=O)C12. The van der Waals surface area contributed by atoms with Gasteiger partial charge in [-0.3, -0.25) is 24.6 Å². The number of likely N-dealkylation sites (tertiary alicyclic amines) is 1. The number of carbonyl (C=O) groups excluding carboxylic acids is 2. The van der Waals surface area contributed by atoms with Crippen LogP contribution in [0.15, 0.2) is 66.7 Å². The van der Waals surface area contributed by atoms with Gasteiger partial charge in [0, 0.05) is 6.04 Å².